The fraction of sp³-hybridized carbons (Fsp3) is 0.523. The lowest BCUT2D eigenvalue weighted by molar-refractivity contribution is -0.132. The van der Waals surface area contributed by atoms with E-state index >= 15 is 0 Å². The van der Waals surface area contributed by atoms with E-state index in [0.717, 1.165) is 5.56 Å². The average molecular weight is 829 g/mol. The number of aromatic nitrogens is 2. The van der Waals surface area contributed by atoms with Crippen molar-refractivity contribution in [3.05, 3.63) is 83.9 Å². The Morgan fingerprint density at radius 3 is 2.28 bits per heavy atom. The number of carbonyl (C=O) groups excluding carboxylic acids is 5. The molecule has 2 heterocycles. The number of Topliss-reactive ketones (excluding diaryl/α,β-unsaturated/α-hetero) is 1. The molecular weight excluding hydrogens is 767 g/mol. The molecule has 324 valence electrons. The van der Waals surface area contributed by atoms with Crippen LogP contribution in [0.4, 0.5) is 0 Å². The summed E-state index contributed by atoms with van der Waals surface area (Å²) >= 11 is 0. The molecular formula is C44H61BN6O9. The maximum Gasteiger partial charge on any atom is 0.618 e. The van der Waals surface area contributed by atoms with E-state index < -0.39 is 42.6 Å². The maximum absolute atomic E-state index is 13.9. The van der Waals surface area contributed by atoms with Crippen LogP contribution < -0.4 is 30.6 Å². The molecule has 2 aromatic carbocycles. The number of unbranched alkanes of at least 4 members (excludes halogenated alkanes) is 1. The quantitative estimate of drug-likeness (QED) is 0.0706. The van der Waals surface area contributed by atoms with E-state index in [1.165, 1.54) is 18.6 Å². The molecule has 0 fully saturated rings. The number of hydrogen-bond acceptors (Lipinski definition) is 11. The Morgan fingerprint density at radius 1 is 0.850 bits per heavy atom. The van der Waals surface area contributed by atoms with Gasteiger partial charge in [-0.3, -0.25) is 29.0 Å². The third kappa shape index (κ3) is 15.7. The number of hydrogen-bond donors (Lipinski definition) is 4. The van der Waals surface area contributed by atoms with Gasteiger partial charge in [0.25, 0.3) is 5.91 Å². The van der Waals surface area contributed by atoms with Crippen LogP contribution in [0.3, 0.4) is 0 Å². The van der Waals surface area contributed by atoms with Gasteiger partial charge in [0, 0.05) is 45.0 Å². The Labute approximate surface area is 354 Å². The van der Waals surface area contributed by atoms with E-state index in [-0.39, 0.29) is 54.6 Å². The molecule has 0 bridgehead atoms. The van der Waals surface area contributed by atoms with Crippen molar-refractivity contribution in [3.8, 4) is 11.5 Å². The Bertz CT molecular complexity index is 1870. The lowest BCUT2D eigenvalue weighted by atomic mass is 9.74. The van der Waals surface area contributed by atoms with E-state index in [0.29, 0.717) is 62.3 Å². The van der Waals surface area contributed by atoms with Gasteiger partial charge in [-0.15, -0.1) is 0 Å². The van der Waals surface area contributed by atoms with Gasteiger partial charge in [0.1, 0.15) is 29.8 Å². The summed E-state index contributed by atoms with van der Waals surface area (Å²) in [5, 5.41) is 11.7. The normalized spacial score (nSPS) is 13.7. The van der Waals surface area contributed by atoms with Crippen molar-refractivity contribution in [2.24, 2.45) is 11.8 Å². The zero-order chi connectivity index (χ0) is 43.7. The third-order valence-corrected chi connectivity index (χ3v) is 9.93. The predicted molar refractivity (Wildman–Crippen MR) is 227 cm³/mol. The summed E-state index contributed by atoms with van der Waals surface area (Å²) in [5.74, 6) is -1.38. The van der Waals surface area contributed by atoms with Crippen LogP contribution in [0.2, 0.25) is 0 Å². The van der Waals surface area contributed by atoms with Crippen molar-refractivity contribution in [2.45, 2.75) is 110 Å². The second-order valence-electron chi connectivity index (χ2n) is 16.4. The van der Waals surface area contributed by atoms with Crippen molar-refractivity contribution in [1.82, 2.24) is 31.2 Å². The average Bonchev–Trinajstić information content (AvgIpc) is 3.65. The van der Waals surface area contributed by atoms with Crippen LogP contribution in [0.5, 0.6) is 11.5 Å². The van der Waals surface area contributed by atoms with E-state index in [4.69, 9.17) is 18.8 Å². The summed E-state index contributed by atoms with van der Waals surface area (Å²) in [6.45, 7) is 12.4. The number of nitrogens with zero attached hydrogens (tertiary/aromatic N) is 2. The molecule has 60 heavy (non-hydrogen) atoms. The van der Waals surface area contributed by atoms with Gasteiger partial charge in [-0.2, -0.15) is 0 Å². The Kier molecular flexibility index (Phi) is 18.5. The fourth-order valence-electron chi connectivity index (χ4n) is 6.58. The molecule has 3 aromatic rings. The smallest absolute Gasteiger partial charge is 0.522 e. The first-order valence-corrected chi connectivity index (χ1v) is 20.7. The van der Waals surface area contributed by atoms with Crippen LogP contribution in [0.15, 0.2) is 67.1 Å². The van der Waals surface area contributed by atoms with E-state index in [9.17, 15) is 24.0 Å². The summed E-state index contributed by atoms with van der Waals surface area (Å²) in [6, 6.07) is 13.0. The number of rotatable bonds is 25. The zero-order valence-corrected chi connectivity index (χ0v) is 36.0. The third-order valence-electron chi connectivity index (χ3n) is 9.93. The van der Waals surface area contributed by atoms with E-state index in [2.05, 4.69) is 31.2 Å². The topological polar surface area (TPSA) is 196 Å². The van der Waals surface area contributed by atoms with E-state index in [1.807, 2.05) is 58.0 Å². The lowest BCUT2D eigenvalue weighted by Gasteiger charge is -2.25. The Morgan fingerprint density at radius 2 is 1.60 bits per heavy atom. The number of amides is 4. The number of benzene rings is 2. The van der Waals surface area contributed by atoms with Crippen molar-refractivity contribution in [3.63, 3.8) is 0 Å². The highest BCUT2D eigenvalue weighted by atomic mass is 16.6. The zero-order valence-electron chi connectivity index (χ0n) is 36.0. The molecule has 0 saturated heterocycles. The molecule has 4 rings (SSSR count). The summed E-state index contributed by atoms with van der Waals surface area (Å²) in [7, 11) is 0.748. The van der Waals surface area contributed by atoms with Gasteiger partial charge < -0.3 is 40.0 Å². The van der Waals surface area contributed by atoms with E-state index in [1.54, 1.807) is 39.2 Å². The highest BCUT2D eigenvalue weighted by Crippen LogP contribution is 2.36. The van der Waals surface area contributed by atoms with Crippen LogP contribution in [-0.4, -0.2) is 97.0 Å². The van der Waals surface area contributed by atoms with Crippen LogP contribution in [0.25, 0.3) is 0 Å². The van der Waals surface area contributed by atoms with Crippen LogP contribution in [0.1, 0.15) is 95.3 Å². The number of ketones is 1. The summed E-state index contributed by atoms with van der Waals surface area (Å²) in [4.78, 5) is 73.8. The molecule has 0 saturated carbocycles. The number of fused-ring (bicyclic) bond motifs is 1. The van der Waals surface area contributed by atoms with Crippen molar-refractivity contribution in [2.75, 3.05) is 26.9 Å². The maximum atomic E-state index is 13.9. The highest BCUT2D eigenvalue weighted by molar-refractivity contribution is 6.50. The summed E-state index contributed by atoms with van der Waals surface area (Å²) in [6.07, 6.45) is 7.29. The van der Waals surface area contributed by atoms with Crippen molar-refractivity contribution < 1.29 is 42.8 Å². The predicted octanol–water partition coefficient (Wildman–Crippen LogP) is 4.22. The minimum absolute atomic E-state index is 0.00121. The SMILES string of the molecule is COCCC(C)(C)OCC(=O)NCCCC[C@H](NC(=O)Cc1ccc2c(c1)OB([C@H](CC(C)C)NC(=O)[C@H](Cc1ccccc1)NC(=O)c1cnccn1)O2)C(=O)C(C)C. The minimum atomic E-state index is -0.938. The van der Waals surface area contributed by atoms with Gasteiger partial charge in [-0.25, -0.2) is 4.98 Å². The lowest BCUT2D eigenvalue weighted by Crippen LogP contribution is -2.57. The first-order valence-electron chi connectivity index (χ1n) is 20.7. The molecule has 1 aromatic heterocycles. The molecule has 0 spiro atoms. The van der Waals surface area contributed by atoms with Gasteiger partial charge in [0.05, 0.1) is 30.2 Å². The molecule has 0 aliphatic carbocycles. The molecule has 15 nitrogen and oxygen atoms in total. The molecule has 16 heteroatoms. The molecule has 0 radical (unpaired) electrons. The largest absolute Gasteiger partial charge is 0.618 e. The second kappa shape index (κ2) is 23.4. The number of methoxy groups -OCH3 is 1. The van der Waals surface area contributed by atoms with Gasteiger partial charge in [-0.05, 0) is 75.1 Å². The van der Waals surface area contributed by atoms with Gasteiger partial charge in [-0.1, -0.05) is 64.1 Å². The molecule has 0 unspecified atom stereocenters. The summed E-state index contributed by atoms with van der Waals surface area (Å²) < 4.78 is 23.3. The molecule has 1 aliphatic heterocycles. The highest BCUT2D eigenvalue weighted by Gasteiger charge is 2.42. The molecule has 4 N–H and O–H groups in total. The minimum Gasteiger partial charge on any atom is -0.522 e. The first kappa shape index (κ1) is 47.3. The van der Waals surface area contributed by atoms with Crippen LogP contribution in [0, 0.1) is 11.8 Å². The van der Waals surface area contributed by atoms with Crippen LogP contribution in [-0.2, 0) is 41.5 Å². The van der Waals surface area contributed by atoms with Crippen molar-refractivity contribution >= 4 is 36.5 Å². The summed E-state index contributed by atoms with van der Waals surface area (Å²) in [5.41, 5.74) is 1.12. The van der Waals surface area contributed by atoms with Crippen LogP contribution >= 0.6 is 0 Å². The fourth-order valence-corrected chi connectivity index (χ4v) is 6.58. The molecule has 4 amide bonds. The first-order chi connectivity index (χ1) is 28.6. The van der Waals surface area contributed by atoms with Crippen molar-refractivity contribution in [1.29, 1.82) is 0 Å². The monoisotopic (exact) mass is 828 g/mol. The number of carbonyl (C=O) groups is 5. The Hall–Kier alpha value is -5.35. The van der Waals surface area contributed by atoms with Gasteiger partial charge in [0.2, 0.25) is 17.7 Å². The number of nitrogens with one attached hydrogen (secondary N) is 4. The molecule has 1 aliphatic rings. The molecule has 3 atom stereocenters. The number of ether oxygens (including phenoxy) is 2. The van der Waals surface area contributed by atoms with Gasteiger partial charge in [0.15, 0.2) is 5.78 Å². The standard InChI is InChI=1S/C44H61BN6O9/c1-29(2)23-38(51-42(55)34(24-31-13-9-8-10-14-31)50-43(56)35-27-46-20-21-47-35)45-59-36-17-16-32(25-37(36)60-45)26-39(52)49-33(41(54)30(3)4)15-11-12-19-48-40(53)28-58-44(5,6)18-22-57-7/h8-10,13-14,16-17,20-21,25,27,29-30,33-34,38H,11-12,15,18-19,22-24,26,28H2,1-7H3,(H,48,53)(H,49,52)(H,50,56)(H,51,55)/t33-,34-,38-/m0/s1. The second-order valence-corrected chi connectivity index (χ2v) is 16.4. The Balaban J connectivity index is 1.33. The van der Waals surface area contributed by atoms with Gasteiger partial charge >= 0.3 is 7.12 Å².